The minimum atomic E-state index is -0.0499. The van der Waals surface area contributed by atoms with Crippen LogP contribution in [0.5, 0.6) is 5.75 Å². The second kappa shape index (κ2) is 9.73. The lowest BCUT2D eigenvalue weighted by Gasteiger charge is -2.21. The predicted molar refractivity (Wildman–Crippen MR) is 127 cm³/mol. The number of pyridine rings is 1. The molecule has 166 valence electrons. The number of aryl methyl sites for hydroxylation is 1. The van der Waals surface area contributed by atoms with Gasteiger partial charge in [-0.25, -0.2) is 0 Å². The molecule has 1 aromatic carbocycles. The van der Waals surface area contributed by atoms with Crippen molar-refractivity contribution in [3.8, 4) is 11.4 Å². The summed E-state index contributed by atoms with van der Waals surface area (Å²) in [5.74, 6) is 1.31. The van der Waals surface area contributed by atoms with E-state index in [9.17, 15) is 4.79 Å². The summed E-state index contributed by atoms with van der Waals surface area (Å²) < 4.78 is 9.90. The largest absolute Gasteiger partial charge is 0.493 e. The molecule has 1 saturated carbocycles. The smallest absolute Gasteiger partial charge is 0.258 e. The number of aromatic nitrogens is 2. The number of fused-ring (bicyclic) bond motifs is 3. The maximum absolute atomic E-state index is 12.8. The number of benzene rings is 1. The molecule has 1 fully saturated rings. The average Bonchev–Trinajstić information content (AvgIpc) is 3.11. The Morgan fingerprint density at radius 3 is 2.68 bits per heavy atom. The van der Waals surface area contributed by atoms with Crippen LogP contribution >= 0.6 is 0 Å². The number of nitrogens with zero attached hydrogens (tertiary/aromatic N) is 2. The fourth-order valence-electron chi connectivity index (χ4n) is 4.96. The highest BCUT2D eigenvalue weighted by molar-refractivity contribution is 5.87. The molecule has 31 heavy (non-hydrogen) atoms. The van der Waals surface area contributed by atoms with Gasteiger partial charge in [-0.15, -0.1) is 0 Å². The Bertz CT molecular complexity index is 1090. The van der Waals surface area contributed by atoms with Crippen LogP contribution in [0.3, 0.4) is 0 Å². The lowest BCUT2D eigenvalue weighted by molar-refractivity contribution is 0.208. The molecule has 1 N–H and O–H groups in total. The minimum Gasteiger partial charge on any atom is -0.493 e. The van der Waals surface area contributed by atoms with Gasteiger partial charge >= 0.3 is 0 Å². The van der Waals surface area contributed by atoms with E-state index in [1.165, 1.54) is 54.3 Å². The maximum Gasteiger partial charge on any atom is 0.258 e. The van der Waals surface area contributed by atoms with E-state index in [0.29, 0.717) is 11.7 Å². The molecule has 2 aliphatic rings. The van der Waals surface area contributed by atoms with Gasteiger partial charge in [-0.05, 0) is 55.5 Å². The van der Waals surface area contributed by atoms with E-state index in [2.05, 4.69) is 35.1 Å². The molecule has 0 saturated heterocycles. The molecule has 0 spiro atoms. The highest BCUT2D eigenvalue weighted by Crippen LogP contribution is 2.29. The molecule has 0 amide bonds. The second-order valence-corrected chi connectivity index (χ2v) is 8.50. The lowest BCUT2D eigenvalue weighted by atomic mass is 9.90. The van der Waals surface area contributed by atoms with E-state index in [-0.39, 0.29) is 5.56 Å². The Morgan fingerprint density at radius 2 is 1.90 bits per heavy atom. The summed E-state index contributed by atoms with van der Waals surface area (Å²) in [6.45, 7) is 6.65. The summed E-state index contributed by atoms with van der Waals surface area (Å²) in [6.07, 6.45) is 9.33. The molecule has 0 atom stereocenters. The minimum absolute atomic E-state index is 0.0499. The second-order valence-electron chi connectivity index (χ2n) is 8.50. The Morgan fingerprint density at radius 1 is 1.10 bits per heavy atom. The van der Waals surface area contributed by atoms with Crippen molar-refractivity contribution >= 4 is 10.9 Å². The number of hydrogen-bond donors (Lipinski definition) is 1. The van der Waals surface area contributed by atoms with E-state index in [0.717, 1.165) is 31.8 Å². The van der Waals surface area contributed by atoms with Crippen LogP contribution in [-0.4, -0.2) is 22.3 Å². The van der Waals surface area contributed by atoms with Crippen LogP contribution in [0.25, 0.3) is 16.6 Å². The first-order chi connectivity index (χ1) is 15.2. The SMILES string of the molecule is CC.Cn1c2c(c3ccc(-n4ccc(OCC5CCCCC5)cc4=O)cc31)CCNC2. The normalized spacial score (nSPS) is 16.5. The standard InChI is InChI=1S/C24H29N3O2.C2H6/c1-26-22-13-18(7-8-20(22)21-9-11-25-15-23(21)26)27-12-10-19(14-24(27)28)29-16-17-5-3-2-4-6-17;1-2/h7-8,10,12-14,17,25H,2-6,9,11,15-16H2,1H3;1-2H3. The van der Waals surface area contributed by atoms with Crippen molar-refractivity contribution in [1.82, 2.24) is 14.5 Å². The summed E-state index contributed by atoms with van der Waals surface area (Å²) in [5.41, 5.74) is 4.81. The molecular weight excluding hydrogens is 386 g/mol. The van der Waals surface area contributed by atoms with Gasteiger partial charge in [0.25, 0.3) is 5.56 Å². The maximum atomic E-state index is 12.8. The molecule has 0 unspecified atom stereocenters. The zero-order valence-electron chi connectivity index (χ0n) is 19.1. The van der Waals surface area contributed by atoms with Crippen LogP contribution < -0.4 is 15.6 Å². The topological polar surface area (TPSA) is 48.2 Å². The third-order valence-corrected chi connectivity index (χ3v) is 6.64. The van der Waals surface area contributed by atoms with Crippen molar-refractivity contribution in [1.29, 1.82) is 0 Å². The van der Waals surface area contributed by atoms with Crippen LogP contribution in [0, 0.1) is 5.92 Å². The van der Waals surface area contributed by atoms with Crippen molar-refractivity contribution in [2.24, 2.45) is 13.0 Å². The fourth-order valence-corrected chi connectivity index (χ4v) is 4.96. The molecule has 0 bridgehead atoms. The van der Waals surface area contributed by atoms with E-state index in [4.69, 9.17) is 4.74 Å². The van der Waals surface area contributed by atoms with Gasteiger partial charge in [0.1, 0.15) is 5.75 Å². The van der Waals surface area contributed by atoms with Crippen LogP contribution in [0.2, 0.25) is 0 Å². The molecule has 1 aliphatic carbocycles. The Hall–Kier alpha value is -2.53. The number of nitrogens with one attached hydrogen (secondary N) is 1. The van der Waals surface area contributed by atoms with Gasteiger partial charge in [-0.2, -0.15) is 0 Å². The summed E-state index contributed by atoms with van der Waals surface area (Å²) in [7, 11) is 2.11. The van der Waals surface area contributed by atoms with Crippen LogP contribution in [-0.2, 0) is 20.0 Å². The van der Waals surface area contributed by atoms with E-state index in [1.54, 1.807) is 10.6 Å². The van der Waals surface area contributed by atoms with Gasteiger partial charge in [0, 0.05) is 36.9 Å². The number of ether oxygens (including phenoxy) is 1. The molecule has 2 aromatic heterocycles. The van der Waals surface area contributed by atoms with E-state index in [1.807, 2.05) is 26.1 Å². The molecule has 5 heteroatoms. The lowest BCUT2D eigenvalue weighted by Crippen LogP contribution is -2.24. The van der Waals surface area contributed by atoms with Crippen LogP contribution in [0.4, 0.5) is 0 Å². The third kappa shape index (κ3) is 4.42. The van der Waals surface area contributed by atoms with Crippen molar-refractivity contribution in [3.63, 3.8) is 0 Å². The van der Waals surface area contributed by atoms with Gasteiger partial charge in [0.05, 0.1) is 17.8 Å². The number of hydrogen-bond acceptors (Lipinski definition) is 3. The first-order valence-corrected chi connectivity index (χ1v) is 11.9. The molecule has 5 nitrogen and oxygen atoms in total. The Balaban J connectivity index is 0.00000112. The van der Waals surface area contributed by atoms with E-state index >= 15 is 0 Å². The van der Waals surface area contributed by atoms with E-state index < -0.39 is 0 Å². The van der Waals surface area contributed by atoms with Gasteiger partial charge in [-0.3, -0.25) is 9.36 Å². The summed E-state index contributed by atoms with van der Waals surface area (Å²) >= 11 is 0. The van der Waals surface area contributed by atoms with Gasteiger partial charge in [0.2, 0.25) is 0 Å². The zero-order valence-corrected chi connectivity index (χ0v) is 19.1. The first kappa shape index (κ1) is 21.7. The first-order valence-electron chi connectivity index (χ1n) is 11.9. The summed E-state index contributed by atoms with van der Waals surface area (Å²) in [4.78, 5) is 12.8. The highest BCUT2D eigenvalue weighted by atomic mass is 16.5. The summed E-state index contributed by atoms with van der Waals surface area (Å²) in [6, 6.07) is 9.86. The van der Waals surface area contributed by atoms with Crippen molar-refractivity contribution in [3.05, 3.63) is 58.1 Å². The Kier molecular flexibility index (Phi) is 6.81. The fraction of sp³-hybridized carbons (Fsp3) is 0.500. The summed E-state index contributed by atoms with van der Waals surface area (Å²) in [5, 5.41) is 4.75. The van der Waals surface area contributed by atoms with Crippen LogP contribution in [0.1, 0.15) is 57.2 Å². The molecule has 3 aromatic rings. The third-order valence-electron chi connectivity index (χ3n) is 6.64. The molecule has 0 radical (unpaired) electrons. The average molecular weight is 422 g/mol. The zero-order chi connectivity index (χ0) is 21.8. The monoisotopic (exact) mass is 421 g/mol. The molecule has 1 aliphatic heterocycles. The molecular formula is C26H35N3O2. The highest BCUT2D eigenvalue weighted by Gasteiger charge is 2.18. The van der Waals surface area contributed by atoms with Crippen molar-refractivity contribution < 1.29 is 4.74 Å². The molecule has 5 rings (SSSR count). The van der Waals surface area contributed by atoms with Gasteiger partial charge in [-0.1, -0.05) is 39.2 Å². The predicted octanol–water partition coefficient (Wildman–Crippen LogP) is 4.96. The van der Waals surface area contributed by atoms with Gasteiger partial charge < -0.3 is 14.6 Å². The quantitative estimate of drug-likeness (QED) is 0.648. The van der Waals surface area contributed by atoms with Crippen molar-refractivity contribution in [2.75, 3.05) is 13.2 Å². The molecule has 3 heterocycles. The van der Waals surface area contributed by atoms with Crippen molar-refractivity contribution in [2.45, 2.75) is 58.9 Å². The van der Waals surface area contributed by atoms with Crippen LogP contribution in [0.15, 0.2) is 41.3 Å². The Labute approximate surface area is 185 Å². The number of rotatable bonds is 4. The van der Waals surface area contributed by atoms with Gasteiger partial charge in [0.15, 0.2) is 0 Å².